The van der Waals surface area contributed by atoms with Crippen molar-refractivity contribution < 1.29 is 9.63 Å². The number of hydrogen-bond acceptors (Lipinski definition) is 3. The van der Waals surface area contributed by atoms with Gasteiger partial charge in [-0.25, -0.2) is 0 Å². The summed E-state index contributed by atoms with van der Waals surface area (Å²) in [5.74, 6) is 1.17. The molecule has 0 aromatic heterocycles. The van der Waals surface area contributed by atoms with Crippen LogP contribution in [0.2, 0.25) is 0 Å². The fourth-order valence-electron chi connectivity index (χ4n) is 3.60. The van der Waals surface area contributed by atoms with E-state index in [1.807, 2.05) is 42.2 Å². The van der Waals surface area contributed by atoms with E-state index in [-0.39, 0.29) is 5.91 Å². The van der Waals surface area contributed by atoms with Crippen LogP contribution in [0.4, 0.5) is 0 Å². The molecule has 2 aliphatic rings. The molecule has 0 saturated carbocycles. The molecule has 4 nitrogen and oxygen atoms in total. The highest BCUT2D eigenvalue weighted by atomic mass is 16.7. The van der Waals surface area contributed by atoms with E-state index in [0.717, 1.165) is 24.4 Å². The number of amides is 1. The van der Waals surface area contributed by atoms with Gasteiger partial charge in [0.15, 0.2) is 0 Å². The molecule has 3 unspecified atom stereocenters. The second-order valence-electron chi connectivity index (χ2n) is 7.06. The predicted octanol–water partition coefficient (Wildman–Crippen LogP) is 3.07. The number of piperidine rings is 1. The summed E-state index contributed by atoms with van der Waals surface area (Å²) in [6.07, 6.45) is 1.72. The van der Waals surface area contributed by atoms with Crippen molar-refractivity contribution in [3.8, 4) is 0 Å². The Bertz CT molecular complexity index is 574. The molecule has 1 saturated heterocycles. The lowest BCUT2D eigenvalue weighted by molar-refractivity contribution is -0.156. The fourth-order valence-corrected chi connectivity index (χ4v) is 3.60. The Labute approximate surface area is 132 Å². The van der Waals surface area contributed by atoms with Crippen molar-refractivity contribution in [1.29, 1.82) is 0 Å². The number of oxime groups is 1. The number of rotatable bonds is 2. The lowest BCUT2D eigenvalue weighted by Gasteiger charge is -2.38. The van der Waals surface area contributed by atoms with Crippen molar-refractivity contribution in [3.63, 3.8) is 0 Å². The van der Waals surface area contributed by atoms with E-state index in [0.29, 0.717) is 18.3 Å². The molecule has 118 valence electrons. The number of nitrogens with zero attached hydrogens (tertiary/aromatic N) is 2. The molecule has 3 atom stereocenters. The molecule has 3 rings (SSSR count). The van der Waals surface area contributed by atoms with Gasteiger partial charge in [-0.05, 0) is 30.7 Å². The van der Waals surface area contributed by atoms with Crippen LogP contribution in [0.25, 0.3) is 0 Å². The predicted molar refractivity (Wildman–Crippen MR) is 86.6 cm³/mol. The quantitative estimate of drug-likeness (QED) is 0.842. The Balaban J connectivity index is 1.71. The van der Waals surface area contributed by atoms with Gasteiger partial charge in [-0.1, -0.05) is 49.3 Å². The monoisotopic (exact) mass is 300 g/mol. The molecular formula is C18H24N2O2. The number of carbonyl (C=O) groups is 1. The normalized spacial score (nSPS) is 31.6. The van der Waals surface area contributed by atoms with Gasteiger partial charge in [-0.3, -0.25) is 4.79 Å². The first-order valence-electron chi connectivity index (χ1n) is 8.08. The number of benzene rings is 1. The topological polar surface area (TPSA) is 41.9 Å². The molecule has 22 heavy (non-hydrogen) atoms. The van der Waals surface area contributed by atoms with E-state index in [1.54, 1.807) is 0 Å². The zero-order chi connectivity index (χ0) is 15.7. The average molecular weight is 300 g/mol. The van der Waals surface area contributed by atoms with Crippen molar-refractivity contribution in [2.24, 2.45) is 17.0 Å². The molecule has 0 aliphatic carbocycles. The van der Waals surface area contributed by atoms with E-state index >= 15 is 0 Å². The maximum Gasteiger partial charge on any atom is 0.269 e. The van der Waals surface area contributed by atoms with Crippen molar-refractivity contribution in [3.05, 3.63) is 35.9 Å². The molecular weight excluding hydrogens is 276 g/mol. The molecule has 2 aliphatic heterocycles. The van der Waals surface area contributed by atoms with Gasteiger partial charge in [-0.2, -0.15) is 0 Å². The lowest BCUT2D eigenvalue weighted by atomic mass is 9.89. The van der Waals surface area contributed by atoms with E-state index in [4.69, 9.17) is 4.84 Å². The Morgan fingerprint density at radius 1 is 1.23 bits per heavy atom. The molecule has 4 heteroatoms. The molecule has 1 fully saturated rings. The third-order valence-electron chi connectivity index (χ3n) is 4.58. The molecule has 1 amide bonds. The third-order valence-corrected chi connectivity index (χ3v) is 4.58. The summed E-state index contributed by atoms with van der Waals surface area (Å²) >= 11 is 0. The first kappa shape index (κ1) is 15.1. The number of carbonyl (C=O) groups excluding carboxylic acids is 1. The van der Waals surface area contributed by atoms with Gasteiger partial charge in [0.25, 0.3) is 5.91 Å². The standard InChI is InChI=1S/C18H24N2O2/c1-13-9-14(2)12-20(11-13)17(21)18(3)10-16(19-22-18)15-7-5-4-6-8-15/h4-8,13-14H,9-12H2,1-3H3. The average Bonchev–Trinajstić information content (AvgIpc) is 2.90. The zero-order valence-electron chi connectivity index (χ0n) is 13.6. The van der Waals surface area contributed by atoms with Gasteiger partial charge >= 0.3 is 0 Å². The van der Waals surface area contributed by atoms with Gasteiger partial charge in [0.05, 0.1) is 5.71 Å². The van der Waals surface area contributed by atoms with Crippen molar-refractivity contribution >= 4 is 11.6 Å². The van der Waals surface area contributed by atoms with Gasteiger partial charge in [0.2, 0.25) is 5.60 Å². The molecule has 2 heterocycles. The summed E-state index contributed by atoms with van der Waals surface area (Å²) in [7, 11) is 0. The highest BCUT2D eigenvalue weighted by Crippen LogP contribution is 2.31. The summed E-state index contributed by atoms with van der Waals surface area (Å²) in [6.45, 7) is 7.92. The van der Waals surface area contributed by atoms with Crippen molar-refractivity contribution in [2.45, 2.75) is 39.2 Å². The number of hydrogen-bond donors (Lipinski definition) is 0. The van der Waals surface area contributed by atoms with Crippen LogP contribution in [-0.2, 0) is 9.63 Å². The summed E-state index contributed by atoms with van der Waals surface area (Å²) in [5.41, 5.74) is 1.02. The lowest BCUT2D eigenvalue weighted by Crippen LogP contribution is -2.52. The SMILES string of the molecule is CC1CC(C)CN(C(=O)C2(C)CC(c3ccccc3)=NO2)C1. The summed E-state index contributed by atoms with van der Waals surface area (Å²) in [6, 6.07) is 9.93. The molecule has 0 spiro atoms. The Hall–Kier alpha value is -1.84. The maximum absolute atomic E-state index is 12.9. The third kappa shape index (κ3) is 2.87. The smallest absolute Gasteiger partial charge is 0.269 e. The minimum atomic E-state index is -0.859. The molecule has 0 N–H and O–H groups in total. The zero-order valence-corrected chi connectivity index (χ0v) is 13.6. The largest absolute Gasteiger partial charge is 0.379 e. The summed E-state index contributed by atoms with van der Waals surface area (Å²) in [5, 5.41) is 4.18. The van der Waals surface area contributed by atoms with Crippen LogP contribution in [0, 0.1) is 11.8 Å². The van der Waals surface area contributed by atoms with Crippen LogP contribution >= 0.6 is 0 Å². The van der Waals surface area contributed by atoms with Crippen LogP contribution in [-0.4, -0.2) is 35.2 Å². The first-order valence-corrected chi connectivity index (χ1v) is 8.08. The summed E-state index contributed by atoms with van der Waals surface area (Å²) < 4.78 is 0. The van der Waals surface area contributed by atoms with E-state index in [9.17, 15) is 4.79 Å². The maximum atomic E-state index is 12.9. The minimum absolute atomic E-state index is 0.0700. The fraction of sp³-hybridized carbons (Fsp3) is 0.556. The van der Waals surface area contributed by atoms with Crippen LogP contribution in [0.3, 0.4) is 0 Å². The molecule has 1 aromatic rings. The Morgan fingerprint density at radius 3 is 2.50 bits per heavy atom. The van der Waals surface area contributed by atoms with Gasteiger partial charge < -0.3 is 9.74 Å². The second-order valence-corrected chi connectivity index (χ2v) is 7.06. The highest BCUT2D eigenvalue weighted by Gasteiger charge is 2.45. The Kier molecular flexibility index (Phi) is 3.94. The Morgan fingerprint density at radius 2 is 1.86 bits per heavy atom. The molecule has 1 aromatic carbocycles. The van der Waals surface area contributed by atoms with Gasteiger partial charge in [-0.15, -0.1) is 0 Å². The van der Waals surface area contributed by atoms with Crippen LogP contribution in [0.1, 0.15) is 39.2 Å². The van der Waals surface area contributed by atoms with Crippen LogP contribution < -0.4 is 0 Å². The van der Waals surface area contributed by atoms with Gasteiger partial charge in [0.1, 0.15) is 0 Å². The van der Waals surface area contributed by atoms with E-state index in [1.165, 1.54) is 6.42 Å². The van der Waals surface area contributed by atoms with Crippen LogP contribution in [0.5, 0.6) is 0 Å². The minimum Gasteiger partial charge on any atom is -0.379 e. The van der Waals surface area contributed by atoms with E-state index < -0.39 is 5.60 Å². The van der Waals surface area contributed by atoms with Crippen molar-refractivity contribution in [2.75, 3.05) is 13.1 Å². The first-order chi connectivity index (χ1) is 10.5. The molecule has 0 radical (unpaired) electrons. The van der Waals surface area contributed by atoms with Crippen LogP contribution in [0.15, 0.2) is 35.5 Å². The number of likely N-dealkylation sites (tertiary alicyclic amines) is 1. The van der Waals surface area contributed by atoms with Gasteiger partial charge in [0, 0.05) is 19.5 Å². The summed E-state index contributed by atoms with van der Waals surface area (Å²) in [4.78, 5) is 20.5. The second kappa shape index (κ2) is 5.75. The van der Waals surface area contributed by atoms with Crippen molar-refractivity contribution in [1.82, 2.24) is 4.90 Å². The van der Waals surface area contributed by atoms with E-state index in [2.05, 4.69) is 19.0 Å². The molecule has 0 bridgehead atoms. The highest BCUT2D eigenvalue weighted by molar-refractivity contribution is 6.05.